The van der Waals surface area contributed by atoms with Gasteiger partial charge in [0.25, 0.3) is 0 Å². The van der Waals surface area contributed by atoms with Gasteiger partial charge in [0.1, 0.15) is 17.2 Å². The van der Waals surface area contributed by atoms with E-state index in [1.54, 1.807) is 48.5 Å². The molecule has 0 bridgehead atoms. The van der Waals surface area contributed by atoms with Crippen molar-refractivity contribution in [1.82, 2.24) is 4.31 Å². The molecule has 2 N–H and O–H groups in total. The molecule has 33 heavy (non-hydrogen) atoms. The Morgan fingerprint density at radius 2 is 1.58 bits per heavy atom. The number of hydrogen-bond acceptors (Lipinski definition) is 6. The summed E-state index contributed by atoms with van der Waals surface area (Å²) in [7, 11) is -3.97. The van der Waals surface area contributed by atoms with Crippen LogP contribution in [0.3, 0.4) is 0 Å². The van der Waals surface area contributed by atoms with Crippen molar-refractivity contribution < 1.29 is 27.4 Å². The van der Waals surface area contributed by atoms with Crippen molar-refractivity contribution in [2.45, 2.75) is 24.5 Å². The van der Waals surface area contributed by atoms with Crippen molar-refractivity contribution in [1.29, 1.82) is 0 Å². The van der Waals surface area contributed by atoms with E-state index in [9.17, 15) is 13.2 Å². The third-order valence-electron chi connectivity index (χ3n) is 5.21. The monoisotopic (exact) mass is 468 g/mol. The van der Waals surface area contributed by atoms with Crippen molar-refractivity contribution >= 4 is 16.1 Å². The van der Waals surface area contributed by atoms with Crippen LogP contribution in [0.25, 0.3) is 0 Å². The van der Waals surface area contributed by atoms with E-state index in [2.05, 4.69) is 0 Å². The Hall–Kier alpha value is -3.56. The normalized spacial score (nSPS) is 16.0. The second kappa shape index (κ2) is 9.51. The molecule has 3 aromatic carbocycles. The molecule has 1 amide bonds. The molecule has 0 saturated heterocycles. The van der Waals surface area contributed by atoms with Crippen LogP contribution in [0.1, 0.15) is 24.3 Å². The summed E-state index contributed by atoms with van der Waals surface area (Å²) in [6, 6.07) is 20.4. The first-order chi connectivity index (χ1) is 15.9. The maximum Gasteiger partial charge on any atom is 0.406 e. The molecule has 0 spiro atoms. The van der Waals surface area contributed by atoms with Crippen molar-refractivity contribution in [3.63, 3.8) is 0 Å². The highest BCUT2D eigenvalue weighted by Gasteiger charge is 2.38. The van der Waals surface area contributed by atoms with Gasteiger partial charge in [-0.1, -0.05) is 24.3 Å². The Kier molecular flexibility index (Phi) is 6.52. The number of nitrogens with two attached hydrogens (primary N) is 1. The largest absolute Gasteiger partial charge is 0.494 e. The molecular formula is C24H24N2O6S. The van der Waals surface area contributed by atoms with Gasteiger partial charge in [0, 0.05) is 12.1 Å². The number of carbonyl (C=O) groups is 1. The molecule has 0 aromatic heterocycles. The zero-order chi connectivity index (χ0) is 23.4. The fourth-order valence-corrected chi connectivity index (χ4v) is 5.20. The summed E-state index contributed by atoms with van der Waals surface area (Å²) >= 11 is 0. The lowest BCUT2D eigenvalue weighted by atomic mass is 10.00. The lowest BCUT2D eigenvalue weighted by Crippen LogP contribution is -2.42. The van der Waals surface area contributed by atoms with E-state index < -0.39 is 22.3 Å². The number of ether oxygens (including phenoxy) is 3. The summed E-state index contributed by atoms with van der Waals surface area (Å²) in [6.07, 6.45) is -1.68. The van der Waals surface area contributed by atoms with Crippen molar-refractivity contribution in [2.75, 3.05) is 13.2 Å². The van der Waals surface area contributed by atoms with Gasteiger partial charge in [-0.2, -0.15) is 4.31 Å². The van der Waals surface area contributed by atoms with Gasteiger partial charge >= 0.3 is 6.09 Å². The van der Waals surface area contributed by atoms with Crippen LogP contribution in [0.15, 0.2) is 77.7 Å². The fraction of sp³-hybridized carbons (Fsp3) is 0.208. The highest BCUT2D eigenvalue weighted by Crippen LogP contribution is 2.35. The highest BCUT2D eigenvalue weighted by molar-refractivity contribution is 7.89. The zero-order valence-electron chi connectivity index (χ0n) is 18.0. The van der Waals surface area contributed by atoms with E-state index in [1.165, 1.54) is 12.1 Å². The van der Waals surface area contributed by atoms with E-state index in [4.69, 9.17) is 19.9 Å². The maximum atomic E-state index is 13.4. The number of benzene rings is 3. The number of hydrogen-bond donors (Lipinski definition) is 1. The minimum absolute atomic E-state index is 0.0546. The predicted molar refractivity (Wildman–Crippen MR) is 122 cm³/mol. The van der Waals surface area contributed by atoms with Crippen LogP contribution in [0.5, 0.6) is 17.2 Å². The second-order valence-corrected chi connectivity index (χ2v) is 9.22. The summed E-state index contributed by atoms with van der Waals surface area (Å²) in [5, 5.41) is 0. The second-order valence-electron chi connectivity index (χ2n) is 7.33. The molecule has 8 nitrogen and oxygen atoms in total. The van der Waals surface area contributed by atoms with Crippen LogP contribution < -0.4 is 15.2 Å². The van der Waals surface area contributed by atoms with Crippen LogP contribution >= 0.6 is 0 Å². The molecule has 1 atom stereocenters. The predicted octanol–water partition coefficient (Wildman–Crippen LogP) is 4.22. The van der Waals surface area contributed by atoms with Crippen molar-refractivity contribution in [2.24, 2.45) is 5.73 Å². The van der Waals surface area contributed by atoms with Gasteiger partial charge in [0.05, 0.1) is 11.5 Å². The van der Waals surface area contributed by atoms with Crippen LogP contribution in [-0.2, 0) is 21.2 Å². The van der Waals surface area contributed by atoms with Crippen molar-refractivity contribution in [3.05, 3.63) is 83.9 Å². The quantitative estimate of drug-likeness (QED) is 0.556. The van der Waals surface area contributed by atoms with Gasteiger partial charge in [-0.05, 0) is 67.4 Å². The lowest BCUT2D eigenvalue weighted by Gasteiger charge is -2.35. The highest BCUT2D eigenvalue weighted by atomic mass is 32.2. The number of sulfonamides is 1. The van der Waals surface area contributed by atoms with Gasteiger partial charge in [-0.25, -0.2) is 13.2 Å². The number of primary amides is 1. The molecule has 9 heteroatoms. The number of amides is 1. The van der Waals surface area contributed by atoms with E-state index in [1.807, 2.05) is 19.1 Å². The fourth-order valence-electron chi connectivity index (χ4n) is 3.71. The summed E-state index contributed by atoms with van der Waals surface area (Å²) < 4.78 is 44.4. The molecule has 0 aliphatic carbocycles. The van der Waals surface area contributed by atoms with E-state index in [-0.39, 0.29) is 11.4 Å². The van der Waals surface area contributed by atoms with Gasteiger partial charge in [0.15, 0.2) is 6.23 Å². The van der Waals surface area contributed by atoms with Crippen molar-refractivity contribution in [3.8, 4) is 17.2 Å². The molecule has 0 radical (unpaired) electrons. The van der Waals surface area contributed by atoms with Crippen LogP contribution in [0.2, 0.25) is 0 Å². The van der Waals surface area contributed by atoms with E-state index in [0.717, 1.165) is 15.6 Å². The Labute approximate surface area is 192 Å². The Bertz CT molecular complexity index is 1230. The Balaban J connectivity index is 1.56. The van der Waals surface area contributed by atoms with E-state index >= 15 is 0 Å². The summed E-state index contributed by atoms with van der Waals surface area (Å²) in [6.45, 7) is 2.64. The third kappa shape index (κ3) is 4.94. The molecule has 1 aliphatic heterocycles. The Morgan fingerprint density at radius 1 is 0.970 bits per heavy atom. The minimum atomic E-state index is -3.97. The van der Waals surface area contributed by atoms with Crippen LogP contribution in [0.4, 0.5) is 4.79 Å². The average molecular weight is 469 g/mol. The standard InChI is InChI=1S/C24H24N2O6S/c1-2-30-18-7-9-19(10-8-18)31-20-11-13-21(14-12-20)33(28,29)26-16-15-17-5-3-4-6-22(17)23(26)32-24(25)27/h3-14,23H,2,15-16H2,1H3,(H2,25,27). The first-order valence-electron chi connectivity index (χ1n) is 10.4. The summed E-state index contributed by atoms with van der Waals surface area (Å²) in [5.41, 5.74) is 6.75. The molecule has 1 heterocycles. The lowest BCUT2D eigenvalue weighted by molar-refractivity contribution is 0.0295. The molecule has 3 aromatic rings. The molecule has 0 saturated carbocycles. The molecule has 4 rings (SSSR count). The molecule has 1 aliphatic rings. The van der Waals surface area contributed by atoms with Gasteiger partial charge < -0.3 is 19.9 Å². The first kappa shape index (κ1) is 22.6. The topological polar surface area (TPSA) is 108 Å². The number of rotatable bonds is 7. The summed E-state index contributed by atoms with van der Waals surface area (Å²) in [5.74, 6) is 1.81. The van der Waals surface area contributed by atoms with Gasteiger partial charge in [0.2, 0.25) is 10.0 Å². The first-order valence-corrected chi connectivity index (χ1v) is 11.9. The third-order valence-corrected chi connectivity index (χ3v) is 7.07. The summed E-state index contributed by atoms with van der Waals surface area (Å²) in [4.78, 5) is 11.6. The van der Waals surface area contributed by atoms with Gasteiger partial charge in [-0.15, -0.1) is 0 Å². The molecule has 0 fully saturated rings. The average Bonchev–Trinajstić information content (AvgIpc) is 2.81. The number of carbonyl (C=O) groups excluding carboxylic acids is 1. The maximum absolute atomic E-state index is 13.4. The molecule has 172 valence electrons. The smallest absolute Gasteiger partial charge is 0.406 e. The van der Waals surface area contributed by atoms with E-state index in [0.29, 0.717) is 30.1 Å². The molecular weight excluding hydrogens is 444 g/mol. The van der Waals surface area contributed by atoms with Crippen LogP contribution in [-0.4, -0.2) is 32.0 Å². The number of nitrogens with zero attached hydrogens (tertiary/aromatic N) is 1. The van der Waals surface area contributed by atoms with Gasteiger partial charge in [-0.3, -0.25) is 0 Å². The molecule has 1 unspecified atom stereocenters. The van der Waals surface area contributed by atoms with Crippen LogP contribution in [0, 0.1) is 0 Å². The number of fused-ring (bicyclic) bond motifs is 1. The SMILES string of the molecule is CCOc1ccc(Oc2ccc(S(=O)(=O)N3CCc4ccccc4C3OC(N)=O)cc2)cc1. The Morgan fingerprint density at radius 3 is 2.21 bits per heavy atom. The zero-order valence-corrected chi connectivity index (χ0v) is 18.8. The minimum Gasteiger partial charge on any atom is -0.494 e.